The normalized spacial score (nSPS) is 18.4. The minimum absolute atomic E-state index is 0.0606. The molecule has 1 fully saturated rings. The van der Waals surface area contributed by atoms with Gasteiger partial charge < -0.3 is 25.2 Å². The van der Waals surface area contributed by atoms with Gasteiger partial charge in [-0.25, -0.2) is 4.79 Å². The van der Waals surface area contributed by atoms with Crippen LogP contribution in [0.15, 0.2) is 48.5 Å². The maximum Gasteiger partial charge on any atom is 0.337 e. The summed E-state index contributed by atoms with van der Waals surface area (Å²) in [4.78, 5) is 14.0. The van der Waals surface area contributed by atoms with E-state index in [4.69, 9.17) is 15.2 Å². The SMILES string of the molecule is COC(=O)c1ccc([C@H]2CN(c3cc(-c4ccccc4O)nnc3N)C[C@H](C)O2)c(C)c1. The summed E-state index contributed by atoms with van der Waals surface area (Å²) >= 11 is 0. The smallest absolute Gasteiger partial charge is 0.337 e. The van der Waals surface area contributed by atoms with E-state index < -0.39 is 0 Å². The molecule has 0 saturated carbocycles. The lowest BCUT2D eigenvalue weighted by Crippen LogP contribution is -2.43. The van der Waals surface area contributed by atoms with E-state index in [0.717, 1.165) is 16.8 Å². The number of aryl methyl sites for hydroxylation is 1. The average molecular weight is 434 g/mol. The molecule has 8 heteroatoms. The Bertz CT molecular complexity index is 1150. The number of carbonyl (C=O) groups is 1. The number of phenolic OH excluding ortho intramolecular Hbond substituents is 1. The van der Waals surface area contributed by atoms with E-state index in [-0.39, 0.29) is 23.9 Å². The Balaban J connectivity index is 1.65. The lowest BCUT2D eigenvalue weighted by atomic mass is 9.98. The average Bonchev–Trinajstić information content (AvgIpc) is 2.78. The first-order valence-electron chi connectivity index (χ1n) is 10.4. The number of para-hydroxylation sites is 1. The molecule has 0 amide bonds. The molecule has 0 aliphatic carbocycles. The largest absolute Gasteiger partial charge is 0.507 e. The van der Waals surface area contributed by atoms with Crippen LogP contribution in [0.2, 0.25) is 0 Å². The Morgan fingerprint density at radius 2 is 1.97 bits per heavy atom. The second kappa shape index (κ2) is 8.84. The highest BCUT2D eigenvalue weighted by atomic mass is 16.5. The van der Waals surface area contributed by atoms with Crippen LogP contribution < -0.4 is 10.6 Å². The van der Waals surface area contributed by atoms with Gasteiger partial charge in [0.25, 0.3) is 0 Å². The molecule has 0 unspecified atom stereocenters. The van der Waals surface area contributed by atoms with Gasteiger partial charge in [-0.1, -0.05) is 18.2 Å². The summed E-state index contributed by atoms with van der Waals surface area (Å²) < 4.78 is 11.0. The van der Waals surface area contributed by atoms with E-state index in [2.05, 4.69) is 15.1 Å². The number of hydrogen-bond acceptors (Lipinski definition) is 8. The summed E-state index contributed by atoms with van der Waals surface area (Å²) in [6, 6.07) is 14.3. The molecule has 0 spiro atoms. The van der Waals surface area contributed by atoms with Crippen molar-refractivity contribution in [3.05, 3.63) is 65.2 Å². The molecule has 2 atom stereocenters. The maximum absolute atomic E-state index is 11.8. The number of nitrogen functional groups attached to an aromatic ring is 1. The number of nitrogens with two attached hydrogens (primary N) is 1. The summed E-state index contributed by atoms with van der Waals surface area (Å²) in [6.45, 7) is 5.14. The Morgan fingerprint density at radius 1 is 1.19 bits per heavy atom. The number of phenols is 1. The van der Waals surface area contributed by atoms with Crippen LogP contribution >= 0.6 is 0 Å². The number of rotatable bonds is 4. The van der Waals surface area contributed by atoms with E-state index >= 15 is 0 Å². The van der Waals surface area contributed by atoms with Crippen molar-refractivity contribution in [1.29, 1.82) is 0 Å². The fourth-order valence-electron chi connectivity index (χ4n) is 4.07. The van der Waals surface area contributed by atoms with Crippen LogP contribution in [0.3, 0.4) is 0 Å². The highest BCUT2D eigenvalue weighted by Crippen LogP contribution is 2.35. The molecular formula is C24H26N4O4. The van der Waals surface area contributed by atoms with Gasteiger partial charge in [-0.05, 0) is 55.3 Å². The molecule has 4 rings (SSSR count). The molecule has 1 aromatic heterocycles. The van der Waals surface area contributed by atoms with Crippen molar-refractivity contribution in [2.45, 2.75) is 26.1 Å². The van der Waals surface area contributed by atoms with Gasteiger partial charge in [0.15, 0.2) is 5.82 Å². The molecule has 0 radical (unpaired) electrons. The predicted molar refractivity (Wildman–Crippen MR) is 122 cm³/mol. The van der Waals surface area contributed by atoms with Crippen LogP contribution in [0, 0.1) is 6.92 Å². The van der Waals surface area contributed by atoms with Crippen molar-refractivity contribution in [1.82, 2.24) is 10.2 Å². The molecule has 8 nitrogen and oxygen atoms in total. The molecule has 0 bridgehead atoms. The van der Waals surface area contributed by atoms with Crippen molar-refractivity contribution in [2.24, 2.45) is 0 Å². The van der Waals surface area contributed by atoms with Crippen molar-refractivity contribution in [3.63, 3.8) is 0 Å². The van der Waals surface area contributed by atoms with Gasteiger partial charge >= 0.3 is 5.97 Å². The Labute approximate surface area is 186 Å². The highest BCUT2D eigenvalue weighted by molar-refractivity contribution is 5.89. The van der Waals surface area contributed by atoms with Crippen LogP contribution in [0.25, 0.3) is 11.3 Å². The fraction of sp³-hybridized carbons (Fsp3) is 0.292. The third-order valence-electron chi connectivity index (χ3n) is 5.62. The fourth-order valence-corrected chi connectivity index (χ4v) is 4.07. The highest BCUT2D eigenvalue weighted by Gasteiger charge is 2.29. The molecule has 3 aromatic rings. The van der Waals surface area contributed by atoms with Crippen LogP contribution in [-0.4, -0.2) is 47.6 Å². The quantitative estimate of drug-likeness (QED) is 0.601. The first-order chi connectivity index (χ1) is 15.4. The summed E-state index contributed by atoms with van der Waals surface area (Å²) in [5.74, 6) is 0.0772. The zero-order valence-electron chi connectivity index (χ0n) is 18.3. The second-order valence-electron chi connectivity index (χ2n) is 7.92. The number of methoxy groups -OCH3 is 1. The summed E-state index contributed by atoms with van der Waals surface area (Å²) in [5.41, 5.74) is 10.5. The predicted octanol–water partition coefficient (Wildman–Crippen LogP) is 3.49. The van der Waals surface area contributed by atoms with Crippen LogP contribution in [-0.2, 0) is 9.47 Å². The second-order valence-corrected chi connectivity index (χ2v) is 7.92. The number of benzene rings is 2. The van der Waals surface area contributed by atoms with Gasteiger partial charge in [0, 0.05) is 18.7 Å². The number of nitrogens with zero attached hydrogens (tertiary/aromatic N) is 3. The zero-order valence-corrected chi connectivity index (χ0v) is 18.3. The first kappa shape index (κ1) is 21.6. The molecular weight excluding hydrogens is 408 g/mol. The molecule has 2 aromatic carbocycles. The molecule has 32 heavy (non-hydrogen) atoms. The lowest BCUT2D eigenvalue weighted by molar-refractivity contribution is -0.0176. The molecule has 3 N–H and O–H groups in total. The monoisotopic (exact) mass is 434 g/mol. The van der Waals surface area contributed by atoms with E-state index in [1.807, 2.05) is 38.1 Å². The number of aromatic nitrogens is 2. The lowest BCUT2D eigenvalue weighted by Gasteiger charge is -2.39. The number of hydrogen-bond donors (Lipinski definition) is 2. The Hall–Kier alpha value is -3.65. The number of aromatic hydroxyl groups is 1. The van der Waals surface area contributed by atoms with E-state index in [9.17, 15) is 9.90 Å². The number of morpholine rings is 1. The Morgan fingerprint density at radius 3 is 2.69 bits per heavy atom. The van der Waals surface area contributed by atoms with E-state index in [1.165, 1.54) is 7.11 Å². The number of carbonyl (C=O) groups excluding carboxylic acids is 1. The topological polar surface area (TPSA) is 111 Å². The molecule has 1 saturated heterocycles. The van der Waals surface area contributed by atoms with Gasteiger partial charge in [-0.3, -0.25) is 0 Å². The number of esters is 1. The number of ether oxygens (including phenoxy) is 2. The van der Waals surface area contributed by atoms with Crippen LogP contribution in [0.4, 0.5) is 11.5 Å². The minimum Gasteiger partial charge on any atom is -0.507 e. The zero-order chi connectivity index (χ0) is 22.8. The maximum atomic E-state index is 11.8. The van der Waals surface area contributed by atoms with Crippen LogP contribution in [0.5, 0.6) is 5.75 Å². The first-order valence-corrected chi connectivity index (χ1v) is 10.4. The van der Waals surface area contributed by atoms with Crippen molar-refractivity contribution in [3.8, 4) is 17.0 Å². The van der Waals surface area contributed by atoms with Gasteiger partial charge in [-0.15, -0.1) is 10.2 Å². The van der Waals surface area contributed by atoms with Gasteiger partial charge in [-0.2, -0.15) is 0 Å². The molecule has 1 aliphatic heterocycles. The van der Waals surface area contributed by atoms with Gasteiger partial charge in [0.2, 0.25) is 0 Å². The summed E-state index contributed by atoms with van der Waals surface area (Å²) in [5, 5.41) is 18.5. The molecule has 2 heterocycles. The summed E-state index contributed by atoms with van der Waals surface area (Å²) in [6.07, 6.45) is -0.277. The summed E-state index contributed by atoms with van der Waals surface area (Å²) in [7, 11) is 1.37. The number of anilines is 2. The standard InChI is InChI=1S/C24H26N4O4/c1-14-10-16(24(30)31-3)8-9-17(14)22-13-28(12-15(2)32-22)20-11-19(26-27-23(20)25)18-6-4-5-7-21(18)29/h4-11,15,22,29H,12-13H2,1-3H3,(H2,25,27)/t15-,22+/m0/s1. The van der Waals surface area contributed by atoms with E-state index in [0.29, 0.717) is 35.7 Å². The van der Waals surface area contributed by atoms with Crippen LogP contribution in [0.1, 0.15) is 34.5 Å². The van der Waals surface area contributed by atoms with Crippen molar-refractivity contribution < 1.29 is 19.4 Å². The van der Waals surface area contributed by atoms with E-state index in [1.54, 1.807) is 24.3 Å². The molecule has 1 aliphatic rings. The van der Waals surface area contributed by atoms with Crippen molar-refractivity contribution >= 4 is 17.5 Å². The molecule has 166 valence electrons. The van der Waals surface area contributed by atoms with Gasteiger partial charge in [0.1, 0.15) is 11.9 Å². The minimum atomic E-state index is -0.369. The third-order valence-corrected chi connectivity index (χ3v) is 5.62. The van der Waals surface area contributed by atoms with Crippen molar-refractivity contribution in [2.75, 3.05) is 30.8 Å². The Kier molecular flexibility index (Phi) is 5.96. The van der Waals surface area contributed by atoms with Gasteiger partial charge in [0.05, 0.1) is 30.2 Å². The third kappa shape index (κ3) is 4.22.